The highest BCUT2D eigenvalue weighted by Gasteiger charge is 2.30. The molecule has 2 saturated heterocycles. The second-order valence-electron chi connectivity index (χ2n) is 12.5. The number of nitrogens with zero attached hydrogens (tertiary/aromatic N) is 3. The van der Waals surface area contributed by atoms with E-state index in [2.05, 4.69) is 36.9 Å². The van der Waals surface area contributed by atoms with Crippen LogP contribution in [0.4, 0.5) is 5.69 Å². The fourth-order valence-electron chi connectivity index (χ4n) is 6.74. The molecular weight excluding hydrogens is 498 g/mol. The number of piperidine rings is 1. The Morgan fingerprint density at radius 1 is 0.950 bits per heavy atom. The number of carbonyl (C=O) groups excluding carboxylic acids is 2. The zero-order valence-corrected chi connectivity index (χ0v) is 24.7. The quantitative estimate of drug-likeness (QED) is 0.409. The third-order valence-electron chi connectivity index (χ3n) is 9.22. The summed E-state index contributed by atoms with van der Waals surface area (Å²) < 4.78 is 6.32. The van der Waals surface area contributed by atoms with Gasteiger partial charge >= 0.3 is 0 Å². The average Bonchev–Trinajstić information content (AvgIpc) is 3.50. The smallest absolute Gasteiger partial charge is 0.229 e. The molecule has 1 saturated carbocycles. The predicted octanol–water partition coefficient (Wildman–Crippen LogP) is 5.99. The van der Waals surface area contributed by atoms with Gasteiger partial charge in [0.1, 0.15) is 5.75 Å². The van der Waals surface area contributed by atoms with Gasteiger partial charge in [-0.1, -0.05) is 25.1 Å². The lowest BCUT2D eigenvalue weighted by atomic mass is 9.86. The molecule has 3 fully saturated rings. The molecule has 0 radical (unpaired) electrons. The van der Waals surface area contributed by atoms with Crippen molar-refractivity contribution in [2.45, 2.75) is 84.3 Å². The molecule has 2 heterocycles. The van der Waals surface area contributed by atoms with Crippen LogP contribution in [0.15, 0.2) is 42.5 Å². The van der Waals surface area contributed by atoms with Gasteiger partial charge in [0.2, 0.25) is 11.8 Å². The standard InChI is InChI=1S/C34H47N3O3/c1-25-8-7-17-36(23-25)24-29-11-14-30(20-26(29)2)35(3)34(39)28-12-15-31(16-13-28)40-32-10-6-9-27(21-32)22-33(38)37-18-4-5-19-37/h6,9-11,14,20-21,25,28,31H,4-5,7-8,12-13,15-19,22-24H2,1-3H3/t25-,28?,31?/m1/s1. The van der Waals surface area contributed by atoms with Crippen molar-refractivity contribution in [3.05, 3.63) is 59.2 Å². The van der Waals surface area contributed by atoms with E-state index < -0.39 is 0 Å². The summed E-state index contributed by atoms with van der Waals surface area (Å²) in [5.41, 5.74) is 4.61. The molecule has 40 heavy (non-hydrogen) atoms. The average molecular weight is 546 g/mol. The first-order valence-electron chi connectivity index (χ1n) is 15.5. The summed E-state index contributed by atoms with van der Waals surface area (Å²) >= 11 is 0. The highest BCUT2D eigenvalue weighted by Crippen LogP contribution is 2.31. The number of aryl methyl sites for hydroxylation is 1. The van der Waals surface area contributed by atoms with Gasteiger partial charge in [-0.2, -0.15) is 0 Å². The number of hydrogen-bond donors (Lipinski definition) is 0. The van der Waals surface area contributed by atoms with Crippen LogP contribution < -0.4 is 9.64 Å². The molecule has 0 unspecified atom stereocenters. The molecule has 1 aliphatic carbocycles. The molecule has 2 aliphatic heterocycles. The van der Waals surface area contributed by atoms with Gasteiger partial charge < -0.3 is 14.5 Å². The van der Waals surface area contributed by atoms with Gasteiger partial charge in [0.15, 0.2) is 0 Å². The highest BCUT2D eigenvalue weighted by atomic mass is 16.5. The molecule has 1 atom stereocenters. The number of anilines is 1. The maximum absolute atomic E-state index is 13.4. The van der Waals surface area contributed by atoms with Crippen molar-refractivity contribution in [3.63, 3.8) is 0 Å². The lowest BCUT2D eigenvalue weighted by Gasteiger charge is -2.32. The number of hydrogen-bond acceptors (Lipinski definition) is 4. The lowest BCUT2D eigenvalue weighted by molar-refractivity contribution is -0.129. The summed E-state index contributed by atoms with van der Waals surface area (Å²) in [7, 11) is 1.92. The van der Waals surface area contributed by atoms with Crippen molar-refractivity contribution in [1.82, 2.24) is 9.80 Å². The highest BCUT2D eigenvalue weighted by molar-refractivity contribution is 5.94. The first kappa shape index (κ1) is 28.7. The Labute approximate surface area is 240 Å². The fourth-order valence-corrected chi connectivity index (χ4v) is 6.74. The Hall–Kier alpha value is -2.86. The Bertz CT molecular complexity index is 1170. The van der Waals surface area contributed by atoms with Crippen LogP contribution in [0.2, 0.25) is 0 Å². The molecule has 2 aromatic rings. The van der Waals surface area contributed by atoms with E-state index in [0.717, 1.165) is 81.1 Å². The second-order valence-corrected chi connectivity index (χ2v) is 12.5. The summed E-state index contributed by atoms with van der Waals surface area (Å²) in [5.74, 6) is 2.05. The van der Waals surface area contributed by atoms with Gasteiger partial charge in [0.25, 0.3) is 0 Å². The zero-order valence-electron chi connectivity index (χ0n) is 24.7. The Balaban J connectivity index is 1.10. The first-order valence-corrected chi connectivity index (χ1v) is 15.5. The maximum Gasteiger partial charge on any atom is 0.229 e. The van der Waals surface area contributed by atoms with Crippen LogP contribution in [0, 0.1) is 18.8 Å². The van der Waals surface area contributed by atoms with E-state index in [1.807, 2.05) is 41.1 Å². The van der Waals surface area contributed by atoms with Crippen molar-refractivity contribution in [2.75, 3.05) is 38.1 Å². The third kappa shape index (κ3) is 7.25. The predicted molar refractivity (Wildman–Crippen MR) is 161 cm³/mol. The summed E-state index contributed by atoms with van der Waals surface area (Å²) in [6, 6.07) is 14.5. The van der Waals surface area contributed by atoms with Crippen molar-refractivity contribution in [1.29, 1.82) is 0 Å². The van der Waals surface area contributed by atoms with E-state index in [4.69, 9.17) is 4.74 Å². The van der Waals surface area contributed by atoms with Crippen LogP contribution >= 0.6 is 0 Å². The molecule has 6 nitrogen and oxygen atoms in total. The summed E-state index contributed by atoms with van der Waals surface area (Å²) in [6.45, 7) is 9.64. The molecule has 0 spiro atoms. The summed E-state index contributed by atoms with van der Waals surface area (Å²) in [6.07, 6.45) is 8.80. The SMILES string of the molecule is Cc1cc(N(C)C(=O)C2CCC(Oc3cccc(CC(=O)N4CCCC4)c3)CC2)ccc1CN1CCC[C@@H](C)C1. The first-order chi connectivity index (χ1) is 19.4. The zero-order chi connectivity index (χ0) is 28.1. The number of likely N-dealkylation sites (tertiary alicyclic amines) is 2. The number of carbonyl (C=O) groups is 2. The number of amides is 2. The van der Waals surface area contributed by atoms with Crippen LogP contribution in [-0.2, 0) is 22.6 Å². The van der Waals surface area contributed by atoms with Crippen LogP contribution in [0.25, 0.3) is 0 Å². The Morgan fingerprint density at radius 3 is 2.45 bits per heavy atom. The van der Waals surface area contributed by atoms with Gasteiger partial charge in [0.05, 0.1) is 12.5 Å². The van der Waals surface area contributed by atoms with Crippen LogP contribution in [-0.4, -0.2) is 60.9 Å². The number of ether oxygens (including phenoxy) is 1. The van der Waals surface area contributed by atoms with Gasteiger partial charge in [-0.15, -0.1) is 0 Å². The Morgan fingerprint density at radius 2 is 1.73 bits per heavy atom. The molecule has 0 N–H and O–H groups in total. The molecule has 3 aliphatic rings. The third-order valence-corrected chi connectivity index (χ3v) is 9.22. The van der Waals surface area contributed by atoms with Crippen molar-refractivity contribution >= 4 is 17.5 Å². The largest absolute Gasteiger partial charge is 0.490 e. The van der Waals surface area contributed by atoms with Crippen molar-refractivity contribution in [3.8, 4) is 5.75 Å². The van der Waals surface area contributed by atoms with E-state index in [1.54, 1.807) is 0 Å². The monoisotopic (exact) mass is 545 g/mol. The minimum Gasteiger partial charge on any atom is -0.490 e. The molecule has 0 bridgehead atoms. The van der Waals surface area contributed by atoms with Crippen molar-refractivity contribution in [2.24, 2.45) is 11.8 Å². The van der Waals surface area contributed by atoms with E-state index in [-0.39, 0.29) is 23.8 Å². The lowest BCUT2D eigenvalue weighted by Crippen LogP contribution is -2.37. The molecule has 0 aromatic heterocycles. The minimum absolute atomic E-state index is 0.0316. The van der Waals surface area contributed by atoms with E-state index in [9.17, 15) is 9.59 Å². The summed E-state index contributed by atoms with van der Waals surface area (Å²) in [4.78, 5) is 32.3. The van der Waals surface area contributed by atoms with Crippen LogP contribution in [0.1, 0.15) is 75.0 Å². The molecule has 5 rings (SSSR count). The minimum atomic E-state index is 0.0316. The Kier molecular flexibility index (Phi) is 9.46. The maximum atomic E-state index is 13.4. The van der Waals surface area contributed by atoms with E-state index in [1.165, 1.54) is 37.1 Å². The van der Waals surface area contributed by atoms with E-state index in [0.29, 0.717) is 6.42 Å². The van der Waals surface area contributed by atoms with E-state index >= 15 is 0 Å². The van der Waals surface area contributed by atoms with Gasteiger partial charge in [-0.3, -0.25) is 14.5 Å². The van der Waals surface area contributed by atoms with Crippen LogP contribution in [0.3, 0.4) is 0 Å². The molecule has 2 aromatic carbocycles. The second kappa shape index (κ2) is 13.2. The van der Waals surface area contributed by atoms with Gasteiger partial charge in [-0.25, -0.2) is 0 Å². The van der Waals surface area contributed by atoms with Crippen molar-refractivity contribution < 1.29 is 14.3 Å². The van der Waals surface area contributed by atoms with Gasteiger partial charge in [-0.05, 0) is 112 Å². The molecule has 6 heteroatoms. The molecule has 216 valence electrons. The summed E-state index contributed by atoms with van der Waals surface area (Å²) in [5, 5.41) is 0. The topological polar surface area (TPSA) is 53.1 Å². The molecular formula is C34H47N3O3. The number of benzene rings is 2. The fraction of sp³-hybridized carbons (Fsp3) is 0.588. The number of rotatable bonds is 8. The molecule has 2 amide bonds. The normalized spacial score (nSPS) is 23.7. The van der Waals surface area contributed by atoms with Gasteiger partial charge in [0, 0.05) is 44.8 Å². The van der Waals surface area contributed by atoms with Crippen LogP contribution in [0.5, 0.6) is 5.75 Å².